The molecule has 0 saturated heterocycles. The summed E-state index contributed by atoms with van der Waals surface area (Å²) in [6, 6.07) is 23.0. The zero-order chi connectivity index (χ0) is 30.0. The Balaban J connectivity index is 1.47. The average Bonchev–Trinajstić information content (AvgIpc) is 3.51. The highest BCUT2D eigenvalue weighted by atomic mass is 16.7. The van der Waals surface area contributed by atoms with Gasteiger partial charge in [-0.1, -0.05) is 36.4 Å². The van der Waals surface area contributed by atoms with Crippen molar-refractivity contribution in [2.45, 2.75) is 5.60 Å². The second-order valence-electron chi connectivity index (χ2n) is 9.04. The Morgan fingerprint density at radius 2 is 0.857 bits per heavy atom. The number of aromatic hydroxyl groups is 4. The summed E-state index contributed by atoms with van der Waals surface area (Å²) >= 11 is 0. The van der Waals surface area contributed by atoms with Crippen LogP contribution >= 0.6 is 0 Å². The molecule has 12 nitrogen and oxygen atoms in total. The van der Waals surface area contributed by atoms with Gasteiger partial charge in [0.1, 0.15) is 11.4 Å². The SMILES string of the molecule is COc1ccc(C(O)(c2ccc(C(=O)On3c(O)ccc3O)cc2)c2ccc(C(=O)On3c(O)ccc3O)cc2)cc1. The number of ether oxygens (including phenoxy) is 1. The summed E-state index contributed by atoms with van der Waals surface area (Å²) in [4.78, 5) is 35.3. The lowest BCUT2D eigenvalue weighted by Gasteiger charge is -2.30. The molecule has 0 bridgehead atoms. The molecule has 2 aromatic heterocycles. The van der Waals surface area contributed by atoms with Gasteiger partial charge in [0.05, 0.1) is 18.2 Å². The summed E-state index contributed by atoms with van der Waals surface area (Å²) in [7, 11) is 1.51. The lowest BCUT2D eigenvalue weighted by molar-refractivity contribution is 0.0376. The number of carbonyl (C=O) groups is 2. The predicted molar refractivity (Wildman–Crippen MR) is 145 cm³/mol. The van der Waals surface area contributed by atoms with Crippen molar-refractivity contribution in [3.63, 3.8) is 0 Å². The van der Waals surface area contributed by atoms with Crippen LogP contribution in [0.15, 0.2) is 97.1 Å². The van der Waals surface area contributed by atoms with Crippen molar-refractivity contribution in [1.82, 2.24) is 9.46 Å². The molecule has 2 heterocycles. The van der Waals surface area contributed by atoms with Gasteiger partial charge in [-0.2, -0.15) is 0 Å². The van der Waals surface area contributed by atoms with E-state index < -0.39 is 41.1 Å². The number of nitrogens with zero attached hydrogens (tertiary/aromatic N) is 2. The molecular formula is C30H24N2O10. The third kappa shape index (κ3) is 5.05. The van der Waals surface area contributed by atoms with Gasteiger partial charge >= 0.3 is 11.9 Å². The smallest absolute Gasteiger partial charge is 0.363 e. The Hall–Kier alpha value is -5.88. The molecule has 5 rings (SSSR count). The topological polar surface area (TPSA) is 173 Å². The van der Waals surface area contributed by atoms with E-state index in [1.54, 1.807) is 24.3 Å². The maximum Gasteiger partial charge on any atom is 0.363 e. The Morgan fingerprint density at radius 1 is 0.548 bits per heavy atom. The number of rotatable bonds is 8. The highest BCUT2D eigenvalue weighted by Crippen LogP contribution is 2.38. The first kappa shape index (κ1) is 27.7. The van der Waals surface area contributed by atoms with Gasteiger partial charge in [0.15, 0.2) is 0 Å². The minimum Gasteiger partial charge on any atom is -0.497 e. The predicted octanol–water partition coefficient (Wildman–Crippen LogP) is 2.94. The number of hydrogen-bond acceptors (Lipinski definition) is 10. The zero-order valence-corrected chi connectivity index (χ0v) is 21.9. The minimum absolute atomic E-state index is 0.0675. The van der Waals surface area contributed by atoms with Gasteiger partial charge in [0, 0.05) is 24.3 Å². The summed E-state index contributed by atoms with van der Waals surface area (Å²) in [5, 5.41) is 51.2. The third-order valence-electron chi connectivity index (χ3n) is 6.53. The molecule has 0 saturated carbocycles. The van der Waals surface area contributed by atoms with Crippen LogP contribution in [0.25, 0.3) is 0 Å². The fourth-order valence-electron chi connectivity index (χ4n) is 4.29. The molecule has 0 unspecified atom stereocenters. The molecule has 0 radical (unpaired) electrons. The molecule has 0 spiro atoms. The second kappa shape index (κ2) is 10.9. The van der Waals surface area contributed by atoms with Crippen LogP contribution < -0.4 is 14.4 Å². The fraction of sp³-hybridized carbons (Fsp3) is 0.0667. The fourth-order valence-corrected chi connectivity index (χ4v) is 4.29. The summed E-state index contributed by atoms with van der Waals surface area (Å²) in [6.07, 6.45) is 0. The molecule has 5 aromatic rings. The van der Waals surface area contributed by atoms with Crippen molar-refractivity contribution < 1.29 is 49.5 Å². The molecule has 0 aliphatic rings. The quantitative estimate of drug-likeness (QED) is 0.174. The third-order valence-corrected chi connectivity index (χ3v) is 6.53. The lowest BCUT2D eigenvalue weighted by Crippen LogP contribution is -2.29. The number of carbonyl (C=O) groups excluding carboxylic acids is 2. The maximum atomic E-state index is 12.6. The number of methoxy groups -OCH3 is 1. The van der Waals surface area contributed by atoms with Crippen molar-refractivity contribution >= 4 is 11.9 Å². The van der Waals surface area contributed by atoms with E-state index in [2.05, 4.69) is 0 Å². The molecule has 5 N–H and O–H groups in total. The number of hydrogen-bond donors (Lipinski definition) is 5. The van der Waals surface area contributed by atoms with Crippen molar-refractivity contribution in [2.24, 2.45) is 0 Å². The van der Waals surface area contributed by atoms with E-state index in [9.17, 15) is 35.1 Å². The van der Waals surface area contributed by atoms with Gasteiger partial charge in [-0.05, 0) is 53.1 Å². The number of aromatic nitrogens is 2. The summed E-state index contributed by atoms with van der Waals surface area (Å²) < 4.78 is 6.37. The van der Waals surface area contributed by atoms with Crippen molar-refractivity contribution in [2.75, 3.05) is 7.11 Å². The van der Waals surface area contributed by atoms with Gasteiger partial charge < -0.3 is 39.9 Å². The maximum absolute atomic E-state index is 12.6. The first-order chi connectivity index (χ1) is 20.1. The van der Waals surface area contributed by atoms with E-state index in [-0.39, 0.29) is 11.1 Å². The van der Waals surface area contributed by atoms with E-state index in [0.717, 1.165) is 24.3 Å². The standard InChI is InChI=1S/C30H24N2O10/c1-40-23-12-10-22(11-13-23)30(39,20-6-2-18(3-7-20)28(37)41-31-24(33)14-15-25(31)34)21-8-4-19(5-9-21)29(38)42-32-26(35)16-17-27(32)36/h2-17,33-36,39H,1H3. The minimum atomic E-state index is -1.77. The summed E-state index contributed by atoms with van der Waals surface area (Å²) in [5.41, 5.74) is -0.485. The van der Waals surface area contributed by atoms with Gasteiger partial charge in [-0.15, -0.1) is 9.46 Å². The van der Waals surface area contributed by atoms with Crippen molar-refractivity contribution in [3.8, 4) is 29.3 Å². The van der Waals surface area contributed by atoms with Crippen LogP contribution in [0.1, 0.15) is 37.4 Å². The molecule has 12 heteroatoms. The largest absolute Gasteiger partial charge is 0.497 e. The number of benzene rings is 3. The first-order valence-electron chi connectivity index (χ1n) is 12.3. The first-order valence-corrected chi connectivity index (χ1v) is 12.3. The van der Waals surface area contributed by atoms with Crippen LogP contribution in [0.2, 0.25) is 0 Å². The van der Waals surface area contributed by atoms with Crippen LogP contribution in [-0.4, -0.2) is 54.0 Å². The normalized spacial score (nSPS) is 11.2. The average molecular weight is 573 g/mol. The van der Waals surface area contributed by atoms with E-state index in [1.807, 2.05) is 0 Å². The monoisotopic (exact) mass is 572 g/mol. The second-order valence-corrected chi connectivity index (χ2v) is 9.04. The molecular weight excluding hydrogens is 548 g/mol. The van der Waals surface area contributed by atoms with Gasteiger partial charge in [0.25, 0.3) is 0 Å². The van der Waals surface area contributed by atoms with Crippen molar-refractivity contribution in [3.05, 3.63) is 125 Å². The molecule has 0 amide bonds. The number of aliphatic hydroxyl groups is 1. The van der Waals surface area contributed by atoms with Crippen LogP contribution in [0.3, 0.4) is 0 Å². The zero-order valence-electron chi connectivity index (χ0n) is 21.9. The molecule has 214 valence electrons. The van der Waals surface area contributed by atoms with E-state index in [1.165, 1.54) is 55.6 Å². The molecule has 0 atom stereocenters. The van der Waals surface area contributed by atoms with Gasteiger partial charge in [0.2, 0.25) is 23.5 Å². The Labute approximate surface area is 238 Å². The van der Waals surface area contributed by atoms with E-state index >= 15 is 0 Å². The van der Waals surface area contributed by atoms with Gasteiger partial charge in [-0.3, -0.25) is 0 Å². The van der Waals surface area contributed by atoms with Crippen LogP contribution in [-0.2, 0) is 5.60 Å². The molecule has 3 aromatic carbocycles. The highest BCUT2D eigenvalue weighted by molar-refractivity contribution is 5.90. The Morgan fingerprint density at radius 3 is 1.17 bits per heavy atom. The van der Waals surface area contributed by atoms with E-state index in [0.29, 0.717) is 31.9 Å². The van der Waals surface area contributed by atoms with Crippen molar-refractivity contribution in [1.29, 1.82) is 0 Å². The van der Waals surface area contributed by atoms with Crippen LogP contribution in [0.5, 0.6) is 29.3 Å². The highest BCUT2D eigenvalue weighted by Gasteiger charge is 2.34. The Bertz CT molecular complexity index is 1590. The molecule has 42 heavy (non-hydrogen) atoms. The van der Waals surface area contributed by atoms with Crippen LogP contribution in [0, 0.1) is 0 Å². The Kier molecular flexibility index (Phi) is 7.21. The molecule has 0 fully saturated rings. The molecule has 0 aliphatic carbocycles. The van der Waals surface area contributed by atoms with Crippen LogP contribution in [0.4, 0.5) is 0 Å². The van der Waals surface area contributed by atoms with E-state index in [4.69, 9.17) is 14.4 Å². The summed E-state index contributed by atoms with van der Waals surface area (Å²) in [6.45, 7) is 0. The lowest BCUT2D eigenvalue weighted by atomic mass is 9.80. The van der Waals surface area contributed by atoms with Gasteiger partial charge in [-0.25, -0.2) is 9.59 Å². The summed E-state index contributed by atoms with van der Waals surface area (Å²) in [5.74, 6) is -3.08. The molecule has 0 aliphatic heterocycles.